The molecule has 0 bridgehead atoms. The van der Waals surface area contributed by atoms with Crippen molar-refractivity contribution < 1.29 is 204 Å². The molecule has 136 valence electrons. The summed E-state index contributed by atoms with van der Waals surface area (Å²) in [4.78, 5) is 24.8. The van der Waals surface area contributed by atoms with E-state index in [1.54, 1.807) is 0 Å². The van der Waals surface area contributed by atoms with Crippen molar-refractivity contribution in [3.8, 4) is 0 Å². The number of rotatable bonds is 0. The second kappa shape index (κ2) is 40.6. The monoisotopic (exact) mass is 559 g/mol. The summed E-state index contributed by atoms with van der Waals surface area (Å²) in [6.07, 6.45) is 0. The van der Waals surface area contributed by atoms with Crippen LogP contribution in [0, 0.1) is 46.0 Å². The maximum absolute atomic E-state index is 8.52. The fraction of sp³-hybridized carbons (Fsp3) is 0. The summed E-state index contributed by atoms with van der Waals surface area (Å²) in [7, 11) is -10.3. The van der Waals surface area contributed by atoms with Crippen LogP contribution >= 0.6 is 0 Å². The summed E-state index contributed by atoms with van der Waals surface area (Å²) in [6, 6.07) is 0. The van der Waals surface area contributed by atoms with Crippen molar-refractivity contribution in [3.05, 3.63) is 46.0 Å². The number of hydrogen-bond acceptors (Lipinski definition) is 17. The van der Waals surface area contributed by atoms with E-state index in [0.717, 1.165) is 0 Å². The Morgan fingerprint density at radius 2 is 0.481 bits per heavy atom. The van der Waals surface area contributed by atoms with Gasteiger partial charge in [0.25, 0.3) is 0 Å². The van der Waals surface area contributed by atoms with Crippen molar-refractivity contribution in [1.82, 2.24) is 0 Å². The first-order chi connectivity index (χ1) is 9.20. The van der Waals surface area contributed by atoms with Crippen LogP contribution in [0.15, 0.2) is 0 Å². The normalized spacial score (nSPS) is 6.96. The van der Waals surface area contributed by atoms with Crippen LogP contribution in [0.3, 0.4) is 0 Å². The zero-order chi connectivity index (χ0) is 19.7. The third-order valence-electron chi connectivity index (χ3n) is 0. The molecule has 0 saturated heterocycles. The van der Waals surface area contributed by atoms with Crippen LogP contribution in [0.4, 0.5) is 0 Å². The van der Waals surface area contributed by atoms with E-state index in [4.69, 9.17) is 81.0 Å². The van der Waals surface area contributed by atoms with Crippen LogP contribution in [-0.2, 0) is 20.8 Å². The molecule has 0 spiro atoms. The van der Waals surface area contributed by atoms with Crippen molar-refractivity contribution in [2.24, 2.45) is 0 Å². The molecule has 20 nitrogen and oxygen atoms in total. The van der Waals surface area contributed by atoms with Gasteiger partial charge in [0.15, 0.2) is 0 Å². The standard InChI is InChI=1S/Ca.3K.Mg.3NO3.2H2O4S/c;;;;;3*2-1(3)4;2*1-5(2,3)4/h;;;;;;;;2*(H2,1,2,3,4)/q+2;3*+1;+2;3*-1;;/p-4. The summed E-state index contributed by atoms with van der Waals surface area (Å²) >= 11 is 0. The molecule has 0 radical (unpaired) electrons. The van der Waals surface area contributed by atoms with Crippen LogP contribution in [0.25, 0.3) is 0 Å². The molecule has 0 unspecified atom stereocenters. The van der Waals surface area contributed by atoms with E-state index in [1.807, 2.05) is 0 Å². The van der Waals surface area contributed by atoms with Crippen molar-refractivity contribution in [2.45, 2.75) is 0 Å². The third-order valence-corrected chi connectivity index (χ3v) is 0. The molecule has 27 heteroatoms. The van der Waals surface area contributed by atoms with Gasteiger partial charge in [-0.2, -0.15) is 0 Å². The van der Waals surface area contributed by atoms with Gasteiger partial charge in [0.1, 0.15) is 0 Å². The van der Waals surface area contributed by atoms with Crippen molar-refractivity contribution in [3.63, 3.8) is 0 Å². The minimum Gasteiger partial charge on any atom is -0.759 e. The molecule has 0 saturated carbocycles. The molecule has 0 atom stereocenters. The van der Waals surface area contributed by atoms with E-state index in [1.165, 1.54) is 0 Å². The second-order valence-corrected chi connectivity index (χ2v) is 3.12. The van der Waals surface area contributed by atoms with E-state index in [0.29, 0.717) is 0 Å². The van der Waals surface area contributed by atoms with E-state index < -0.39 is 36.1 Å². The maximum atomic E-state index is 8.52. The van der Waals surface area contributed by atoms with Gasteiger partial charge < -0.3 is 64.2 Å². The van der Waals surface area contributed by atoms with Gasteiger partial charge >= 0.3 is 215 Å². The van der Waals surface area contributed by atoms with Crippen LogP contribution < -0.4 is 154 Å². The molecule has 0 heterocycles. The molecule has 0 aliphatic heterocycles. The van der Waals surface area contributed by atoms with E-state index in [-0.39, 0.29) is 215 Å². The fourth-order valence-electron chi connectivity index (χ4n) is 0. The molecule has 0 fully saturated rings. The first-order valence-electron chi connectivity index (χ1n) is 2.98. The van der Waals surface area contributed by atoms with Gasteiger partial charge in [-0.3, -0.25) is 16.8 Å². The first kappa shape index (κ1) is 63.3. The third kappa shape index (κ3) is 1320. The molecular weight excluding hydrogens is 560 g/mol. The van der Waals surface area contributed by atoms with Gasteiger partial charge in [0.2, 0.25) is 0 Å². The molecule has 0 aliphatic carbocycles. The summed E-state index contributed by atoms with van der Waals surface area (Å²) in [5.41, 5.74) is 0. The van der Waals surface area contributed by atoms with Crippen LogP contribution in [0.2, 0.25) is 0 Å². The Morgan fingerprint density at radius 3 is 0.481 bits per heavy atom. The molecule has 0 amide bonds. The molecule has 27 heavy (non-hydrogen) atoms. The summed E-state index contributed by atoms with van der Waals surface area (Å²) in [5.74, 6) is 0. The molecule has 0 aromatic heterocycles. The van der Waals surface area contributed by atoms with Gasteiger partial charge in [-0.1, -0.05) is 0 Å². The largest absolute Gasteiger partial charge is 2.00 e. The Balaban J connectivity index is -0.0000000160. The minimum atomic E-state index is -5.17. The molecule has 0 aromatic rings. The predicted molar refractivity (Wildman–Crippen MR) is 63.5 cm³/mol. The number of hydrogen-bond donors (Lipinski definition) is 0. The summed E-state index contributed by atoms with van der Waals surface area (Å²) in [5, 5.41) is 44.2. The van der Waals surface area contributed by atoms with Crippen LogP contribution in [0.5, 0.6) is 0 Å². The van der Waals surface area contributed by atoms with Crippen molar-refractivity contribution in [2.75, 3.05) is 0 Å². The maximum Gasteiger partial charge on any atom is 2.00 e. The zero-order valence-corrected chi connectivity index (χ0v) is 28.1. The average molecular weight is 560 g/mol. The van der Waals surface area contributed by atoms with Gasteiger partial charge in [0.05, 0.1) is 15.3 Å². The molecular formula is CaK3MgN3O17S2. The Hall–Kier alpha value is 4.28. The minimum absolute atomic E-state index is 0. The fourth-order valence-corrected chi connectivity index (χ4v) is 0. The average Bonchev–Trinajstić information content (AvgIpc) is 1.88. The Kier molecular flexibility index (Phi) is 95.3. The van der Waals surface area contributed by atoms with Gasteiger partial charge in [-0.15, -0.1) is 0 Å². The van der Waals surface area contributed by atoms with Crippen LogP contribution in [0.1, 0.15) is 0 Å². The smallest absolute Gasteiger partial charge is 0.759 e. The van der Waals surface area contributed by atoms with Crippen molar-refractivity contribution >= 4 is 81.6 Å². The molecule has 0 aliphatic rings. The second-order valence-electron chi connectivity index (χ2n) is 1.49. The van der Waals surface area contributed by atoms with Crippen LogP contribution in [-0.4, -0.2) is 111 Å². The molecule has 0 rings (SSSR count). The SMILES string of the molecule is O=S(=O)([O-])[O-].O=S(=O)([O-])[O-].O=[N+]([O-])[O-].O=[N+]([O-])[O-].O=[N+]([O-])[O-].[Ca+2].[K+].[K+].[K+].[Mg+2]. The Labute approximate surface area is 323 Å². The van der Waals surface area contributed by atoms with E-state index in [9.17, 15) is 0 Å². The summed E-state index contributed by atoms with van der Waals surface area (Å²) in [6.45, 7) is 0. The number of nitrogens with zero attached hydrogens (tertiary/aromatic N) is 3. The topological polar surface area (TPSA) is 359 Å². The van der Waals surface area contributed by atoms with Crippen molar-refractivity contribution in [1.29, 1.82) is 0 Å². The van der Waals surface area contributed by atoms with Gasteiger partial charge in [0, 0.05) is 20.8 Å². The summed E-state index contributed by atoms with van der Waals surface area (Å²) < 4.78 is 68.2. The zero-order valence-electron chi connectivity index (χ0n) is 13.5. The quantitative estimate of drug-likeness (QED) is 0.0872. The Bertz CT molecular complexity index is 433. The van der Waals surface area contributed by atoms with Gasteiger partial charge in [-0.05, 0) is 0 Å². The first-order valence-corrected chi connectivity index (χ1v) is 5.64. The molecule has 0 N–H and O–H groups in total. The Morgan fingerprint density at radius 1 is 0.481 bits per heavy atom. The predicted octanol–water partition coefficient (Wildman–Crippen LogP) is -13.1. The van der Waals surface area contributed by atoms with E-state index in [2.05, 4.69) is 0 Å². The van der Waals surface area contributed by atoms with E-state index >= 15 is 0 Å². The van der Waals surface area contributed by atoms with Gasteiger partial charge in [-0.25, -0.2) is 0 Å². The molecule has 0 aromatic carbocycles.